The smallest absolute Gasteiger partial charge is 0.139 e. The molecule has 2 nitrogen and oxygen atoms in total. The monoisotopic (exact) mass is 167 g/mol. The van der Waals surface area contributed by atoms with Crippen molar-refractivity contribution < 1.29 is 4.52 Å². The zero-order valence-electron chi connectivity index (χ0n) is 8.18. The molecule has 1 heterocycles. The van der Waals surface area contributed by atoms with Gasteiger partial charge in [-0.05, 0) is 12.8 Å². The summed E-state index contributed by atoms with van der Waals surface area (Å²) in [4.78, 5) is 0. The molecule has 1 aromatic rings. The molecule has 0 bridgehead atoms. The largest absolute Gasteiger partial charge is 0.361 e. The predicted molar refractivity (Wildman–Crippen MR) is 49.3 cm³/mol. The summed E-state index contributed by atoms with van der Waals surface area (Å²) >= 11 is 0. The van der Waals surface area contributed by atoms with Gasteiger partial charge in [0.2, 0.25) is 0 Å². The van der Waals surface area contributed by atoms with Crippen LogP contribution in [0.4, 0.5) is 0 Å². The molecule has 2 heteroatoms. The summed E-state index contributed by atoms with van der Waals surface area (Å²) in [5.74, 6) is 1.08. The van der Waals surface area contributed by atoms with Crippen LogP contribution in [0.5, 0.6) is 0 Å². The normalized spacial score (nSPS) is 10.6. The van der Waals surface area contributed by atoms with E-state index in [1.54, 1.807) is 0 Å². The first-order valence-corrected chi connectivity index (χ1v) is 4.79. The number of rotatable bonds is 4. The first-order chi connectivity index (χ1) is 5.83. The van der Waals surface area contributed by atoms with Crippen molar-refractivity contribution in [1.82, 2.24) is 5.16 Å². The molecule has 0 aromatic carbocycles. The molecule has 0 unspecified atom stereocenters. The second kappa shape index (κ2) is 4.29. The molecular formula is C10H17NO. The van der Waals surface area contributed by atoms with Crippen molar-refractivity contribution in [2.75, 3.05) is 0 Å². The summed E-state index contributed by atoms with van der Waals surface area (Å²) in [6, 6.07) is 0. The third kappa shape index (κ3) is 1.68. The van der Waals surface area contributed by atoms with Crippen LogP contribution in [0.3, 0.4) is 0 Å². The molecule has 0 aliphatic heterocycles. The summed E-state index contributed by atoms with van der Waals surface area (Å²) in [6.07, 6.45) is 4.22. The van der Waals surface area contributed by atoms with Gasteiger partial charge in [-0.2, -0.15) is 0 Å². The lowest BCUT2D eigenvalue weighted by Crippen LogP contribution is -1.92. The van der Waals surface area contributed by atoms with Crippen molar-refractivity contribution in [3.63, 3.8) is 0 Å². The molecule has 68 valence electrons. The van der Waals surface area contributed by atoms with E-state index in [9.17, 15) is 0 Å². The average molecular weight is 167 g/mol. The number of hydrogen-bond acceptors (Lipinski definition) is 2. The third-order valence-corrected chi connectivity index (χ3v) is 2.11. The fourth-order valence-corrected chi connectivity index (χ4v) is 1.47. The highest BCUT2D eigenvalue weighted by molar-refractivity contribution is 5.23. The van der Waals surface area contributed by atoms with Gasteiger partial charge in [0.05, 0.1) is 5.69 Å². The van der Waals surface area contributed by atoms with E-state index in [1.807, 2.05) is 0 Å². The minimum atomic E-state index is 0.961. The highest BCUT2D eigenvalue weighted by atomic mass is 16.5. The van der Waals surface area contributed by atoms with E-state index in [0.717, 1.165) is 30.7 Å². The van der Waals surface area contributed by atoms with Gasteiger partial charge in [-0.25, -0.2) is 0 Å². The second-order valence-electron chi connectivity index (χ2n) is 2.99. The van der Waals surface area contributed by atoms with Gasteiger partial charge in [0.25, 0.3) is 0 Å². The Morgan fingerprint density at radius 2 is 1.92 bits per heavy atom. The number of aromatic nitrogens is 1. The second-order valence-corrected chi connectivity index (χ2v) is 2.99. The zero-order chi connectivity index (χ0) is 8.97. The maximum absolute atomic E-state index is 5.24. The van der Waals surface area contributed by atoms with Crippen molar-refractivity contribution in [2.24, 2.45) is 0 Å². The molecule has 0 aliphatic carbocycles. The van der Waals surface area contributed by atoms with E-state index in [2.05, 4.69) is 25.9 Å². The molecule has 0 spiro atoms. The maximum Gasteiger partial charge on any atom is 0.139 e. The standard InChI is InChI=1S/C10H17NO/c1-4-7-8-9(5-2)11-12-10(8)6-3/h4-7H2,1-3H3. The van der Waals surface area contributed by atoms with E-state index in [0.29, 0.717) is 0 Å². The number of hydrogen-bond donors (Lipinski definition) is 0. The molecule has 0 amide bonds. The highest BCUT2D eigenvalue weighted by Crippen LogP contribution is 2.17. The van der Waals surface area contributed by atoms with E-state index in [-0.39, 0.29) is 0 Å². The summed E-state index contributed by atoms with van der Waals surface area (Å²) in [7, 11) is 0. The molecule has 0 fully saturated rings. The number of aryl methyl sites for hydroxylation is 2. The van der Waals surface area contributed by atoms with Crippen LogP contribution in [0.1, 0.15) is 44.2 Å². The Bertz CT molecular complexity index is 218. The fraction of sp³-hybridized carbons (Fsp3) is 0.700. The molecule has 0 atom stereocenters. The van der Waals surface area contributed by atoms with Gasteiger partial charge in [0.1, 0.15) is 5.76 Å². The van der Waals surface area contributed by atoms with Crippen molar-refractivity contribution >= 4 is 0 Å². The maximum atomic E-state index is 5.24. The Kier molecular flexibility index (Phi) is 3.32. The summed E-state index contributed by atoms with van der Waals surface area (Å²) < 4.78 is 5.24. The molecule has 0 aliphatic rings. The van der Waals surface area contributed by atoms with Crippen LogP contribution >= 0.6 is 0 Å². The van der Waals surface area contributed by atoms with Gasteiger partial charge >= 0.3 is 0 Å². The molecule has 0 saturated carbocycles. The topological polar surface area (TPSA) is 26.0 Å². The van der Waals surface area contributed by atoms with Gasteiger partial charge in [-0.3, -0.25) is 0 Å². The van der Waals surface area contributed by atoms with E-state index in [1.165, 1.54) is 12.0 Å². The van der Waals surface area contributed by atoms with E-state index in [4.69, 9.17) is 4.52 Å². The first kappa shape index (κ1) is 9.30. The Morgan fingerprint density at radius 3 is 2.42 bits per heavy atom. The molecule has 1 aromatic heterocycles. The molecule has 12 heavy (non-hydrogen) atoms. The third-order valence-electron chi connectivity index (χ3n) is 2.11. The molecule has 1 rings (SSSR count). The van der Waals surface area contributed by atoms with Crippen molar-refractivity contribution in [3.05, 3.63) is 17.0 Å². The van der Waals surface area contributed by atoms with Crippen LogP contribution in [0.25, 0.3) is 0 Å². The lowest BCUT2D eigenvalue weighted by Gasteiger charge is -1.97. The Labute approximate surface area is 74.0 Å². The van der Waals surface area contributed by atoms with Crippen molar-refractivity contribution in [2.45, 2.75) is 46.5 Å². The Hall–Kier alpha value is -0.790. The van der Waals surface area contributed by atoms with Crippen LogP contribution in [0, 0.1) is 0 Å². The van der Waals surface area contributed by atoms with Gasteiger partial charge in [0.15, 0.2) is 0 Å². The predicted octanol–water partition coefficient (Wildman–Crippen LogP) is 2.75. The van der Waals surface area contributed by atoms with E-state index < -0.39 is 0 Å². The lowest BCUT2D eigenvalue weighted by molar-refractivity contribution is 0.380. The van der Waals surface area contributed by atoms with Crippen molar-refractivity contribution in [3.8, 4) is 0 Å². The van der Waals surface area contributed by atoms with Gasteiger partial charge in [-0.15, -0.1) is 0 Å². The summed E-state index contributed by atoms with van der Waals surface area (Å²) in [5.41, 5.74) is 2.50. The summed E-state index contributed by atoms with van der Waals surface area (Å²) in [5, 5.41) is 4.05. The highest BCUT2D eigenvalue weighted by Gasteiger charge is 2.11. The Morgan fingerprint density at radius 1 is 1.17 bits per heavy atom. The number of nitrogens with zero attached hydrogens (tertiary/aromatic N) is 1. The zero-order valence-corrected chi connectivity index (χ0v) is 8.18. The van der Waals surface area contributed by atoms with Gasteiger partial charge < -0.3 is 4.52 Å². The van der Waals surface area contributed by atoms with Crippen LogP contribution in [-0.2, 0) is 19.3 Å². The van der Waals surface area contributed by atoms with Crippen LogP contribution < -0.4 is 0 Å². The molecule has 0 N–H and O–H groups in total. The van der Waals surface area contributed by atoms with Crippen LogP contribution in [0.15, 0.2) is 4.52 Å². The molecular weight excluding hydrogens is 150 g/mol. The van der Waals surface area contributed by atoms with Gasteiger partial charge in [0, 0.05) is 12.0 Å². The molecule has 0 saturated heterocycles. The van der Waals surface area contributed by atoms with Crippen LogP contribution in [0.2, 0.25) is 0 Å². The molecule has 0 radical (unpaired) electrons. The quantitative estimate of drug-likeness (QED) is 0.689. The first-order valence-electron chi connectivity index (χ1n) is 4.79. The van der Waals surface area contributed by atoms with Gasteiger partial charge in [-0.1, -0.05) is 32.3 Å². The van der Waals surface area contributed by atoms with Crippen molar-refractivity contribution in [1.29, 1.82) is 0 Å². The van der Waals surface area contributed by atoms with Crippen LogP contribution in [-0.4, -0.2) is 5.16 Å². The van der Waals surface area contributed by atoms with E-state index >= 15 is 0 Å². The minimum Gasteiger partial charge on any atom is -0.361 e. The SMILES string of the molecule is CCCc1c(CC)noc1CC. The fourth-order valence-electron chi connectivity index (χ4n) is 1.47. The minimum absolute atomic E-state index is 0.961. The average Bonchev–Trinajstić information content (AvgIpc) is 2.48. The Balaban J connectivity index is 2.90. The summed E-state index contributed by atoms with van der Waals surface area (Å²) in [6.45, 7) is 6.42. The lowest BCUT2D eigenvalue weighted by atomic mass is 10.1.